The van der Waals surface area contributed by atoms with Crippen molar-refractivity contribution >= 4 is 0 Å². The zero-order valence-corrected chi connectivity index (χ0v) is 20.0. The molecule has 0 aliphatic rings. The molecular weight excluding hydrogens is 382 g/mol. The molecule has 0 amide bonds. The highest BCUT2D eigenvalue weighted by atomic mass is 15.3. The molecule has 31 heavy (non-hydrogen) atoms. The third-order valence-electron chi connectivity index (χ3n) is 5.40. The molecule has 2 aromatic carbocycles. The Morgan fingerprint density at radius 1 is 0.806 bits per heavy atom. The van der Waals surface area contributed by atoms with Gasteiger partial charge in [0.15, 0.2) is 0 Å². The van der Waals surface area contributed by atoms with Crippen LogP contribution in [0.3, 0.4) is 0 Å². The molecule has 0 radical (unpaired) electrons. The van der Waals surface area contributed by atoms with E-state index in [1.807, 2.05) is 4.68 Å². The van der Waals surface area contributed by atoms with E-state index in [1.54, 1.807) is 0 Å². The molecule has 0 aliphatic carbocycles. The summed E-state index contributed by atoms with van der Waals surface area (Å²) >= 11 is 0. The summed E-state index contributed by atoms with van der Waals surface area (Å²) in [6.45, 7) is 6.26. The van der Waals surface area contributed by atoms with Gasteiger partial charge in [0.1, 0.15) is 0 Å². The summed E-state index contributed by atoms with van der Waals surface area (Å²) in [5, 5.41) is 4.91. The highest BCUT2D eigenvalue weighted by Gasteiger charge is 2.10. The van der Waals surface area contributed by atoms with E-state index in [4.69, 9.17) is 5.10 Å². The van der Waals surface area contributed by atoms with Crippen molar-refractivity contribution < 1.29 is 0 Å². The third-order valence-corrected chi connectivity index (χ3v) is 5.40. The lowest BCUT2D eigenvalue weighted by atomic mass is 10.1. The first kappa shape index (κ1) is 23.2. The minimum atomic E-state index is 0.923. The molecule has 1 heterocycles. The van der Waals surface area contributed by atoms with Crippen molar-refractivity contribution in [3.8, 4) is 16.9 Å². The fourth-order valence-corrected chi connectivity index (χ4v) is 3.86. The Morgan fingerprint density at radius 2 is 1.55 bits per heavy atom. The molecule has 0 aliphatic heterocycles. The number of aryl methyl sites for hydroxylation is 1. The van der Waals surface area contributed by atoms with Crippen LogP contribution < -0.4 is 0 Å². The van der Waals surface area contributed by atoms with E-state index in [-0.39, 0.29) is 0 Å². The second-order valence-corrected chi connectivity index (χ2v) is 9.10. The van der Waals surface area contributed by atoms with E-state index < -0.39 is 0 Å². The van der Waals surface area contributed by atoms with Crippen molar-refractivity contribution in [3.05, 3.63) is 71.4 Å². The largest absolute Gasteiger partial charge is 0.309 e. The Labute approximate surface area is 187 Å². The Kier molecular flexibility index (Phi) is 8.02. The maximum atomic E-state index is 4.91. The molecule has 0 unspecified atom stereocenters. The number of benzene rings is 2. The van der Waals surface area contributed by atoms with E-state index >= 15 is 0 Å². The van der Waals surface area contributed by atoms with Gasteiger partial charge in [0.25, 0.3) is 0 Å². The molecule has 166 valence electrons. The van der Waals surface area contributed by atoms with Crippen molar-refractivity contribution in [2.24, 2.45) is 0 Å². The summed E-state index contributed by atoms with van der Waals surface area (Å²) in [7, 11) is 10.6. The minimum Gasteiger partial charge on any atom is -0.309 e. The molecule has 0 bridgehead atoms. The number of hydrogen-bond donors (Lipinski definition) is 0. The first-order valence-electron chi connectivity index (χ1n) is 11.0. The molecule has 1 aromatic heterocycles. The van der Waals surface area contributed by atoms with Gasteiger partial charge in [-0.05, 0) is 90.5 Å². The topological polar surface area (TPSA) is 27.5 Å². The van der Waals surface area contributed by atoms with Gasteiger partial charge in [-0.25, -0.2) is 4.68 Å². The molecule has 0 saturated heterocycles. The average Bonchev–Trinajstić information content (AvgIpc) is 3.10. The van der Waals surface area contributed by atoms with E-state index in [1.165, 1.54) is 28.7 Å². The summed E-state index contributed by atoms with van der Waals surface area (Å²) in [4.78, 5) is 6.81. The van der Waals surface area contributed by atoms with Crippen molar-refractivity contribution in [2.75, 3.05) is 48.3 Å². The Morgan fingerprint density at radius 3 is 2.23 bits per heavy atom. The molecule has 0 atom stereocenters. The Bertz CT molecular complexity index is 956. The SMILES string of the molecule is Cc1cn(-c2cccc(CN(C)C)c2)nc1-c1ccc(CN(C)CCCN(C)C)cc1. The number of rotatable bonds is 10. The maximum Gasteiger partial charge on any atom is 0.0956 e. The van der Waals surface area contributed by atoms with Gasteiger partial charge < -0.3 is 14.7 Å². The van der Waals surface area contributed by atoms with Crippen LogP contribution in [0.4, 0.5) is 0 Å². The summed E-state index contributed by atoms with van der Waals surface area (Å²) in [5.41, 5.74) is 7.13. The van der Waals surface area contributed by atoms with Crippen LogP contribution in [0.25, 0.3) is 16.9 Å². The Balaban J connectivity index is 1.69. The van der Waals surface area contributed by atoms with Gasteiger partial charge >= 0.3 is 0 Å². The Hall–Kier alpha value is -2.47. The van der Waals surface area contributed by atoms with Gasteiger partial charge in [0, 0.05) is 24.8 Å². The monoisotopic (exact) mass is 419 g/mol. The van der Waals surface area contributed by atoms with Crippen LogP contribution in [0.1, 0.15) is 23.1 Å². The van der Waals surface area contributed by atoms with Crippen molar-refractivity contribution in [2.45, 2.75) is 26.4 Å². The van der Waals surface area contributed by atoms with Gasteiger partial charge in [0.2, 0.25) is 0 Å². The highest BCUT2D eigenvalue weighted by Crippen LogP contribution is 2.24. The van der Waals surface area contributed by atoms with Crippen molar-refractivity contribution in [1.29, 1.82) is 0 Å². The van der Waals surface area contributed by atoms with E-state index in [2.05, 4.69) is 112 Å². The molecular formula is C26H37N5. The minimum absolute atomic E-state index is 0.923. The maximum absolute atomic E-state index is 4.91. The van der Waals surface area contributed by atoms with E-state index in [9.17, 15) is 0 Å². The highest BCUT2D eigenvalue weighted by molar-refractivity contribution is 5.63. The van der Waals surface area contributed by atoms with Crippen LogP contribution in [0, 0.1) is 6.92 Å². The van der Waals surface area contributed by atoms with Gasteiger partial charge in [-0.1, -0.05) is 36.4 Å². The quantitative estimate of drug-likeness (QED) is 0.490. The third kappa shape index (κ3) is 6.76. The fraction of sp³-hybridized carbons (Fsp3) is 0.423. The lowest BCUT2D eigenvalue weighted by Crippen LogP contribution is -2.23. The zero-order valence-electron chi connectivity index (χ0n) is 20.0. The van der Waals surface area contributed by atoms with Crippen LogP contribution in [0.5, 0.6) is 0 Å². The predicted octanol–water partition coefficient (Wildman–Crippen LogP) is 4.29. The average molecular weight is 420 g/mol. The van der Waals surface area contributed by atoms with Crippen LogP contribution in [-0.4, -0.2) is 72.8 Å². The molecule has 0 fully saturated rings. The van der Waals surface area contributed by atoms with E-state index in [0.29, 0.717) is 0 Å². The summed E-state index contributed by atoms with van der Waals surface area (Å²) < 4.78 is 2.00. The first-order valence-corrected chi connectivity index (χ1v) is 11.0. The standard InChI is InChI=1S/C26H37N5/c1-21-18-31(25-10-7-9-23(17-25)19-29(4)5)27-26(21)24-13-11-22(12-14-24)20-30(6)16-8-15-28(2)3/h7,9-14,17-18H,8,15-16,19-20H2,1-6H3. The summed E-state index contributed by atoms with van der Waals surface area (Å²) in [5.74, 6) is 0. The normalized spacial score (nSPS) is 11.8. The molecule has 5 nitrogen and oxygen atoms in total. The lowest BCUT2D eigenvalue weighted by Gasteiger charge is -2.18. The summed E-state index contributed by atoms with van der Waals surface area (Å²) in [6, 6.07) is 17.5. The second kappa shape index (κ2) is 10.7. The van der Waals surface area contributed by atoms with Gasteiger partial charge in [-0.3, -0.25) is 0 Å². The van der Waals surface area contributed by atoms with Crippen LogP contribution in [0.2, 0.25) is 0 Å². The smallest absolute Gasteiger partial charge is 0.0956 e. The van der Waals surface area contributed by atoms with Gasteiger partial charge in [-0.15, -0.1) is 0 Å². The zero-order chi connectivity index (χ0) is 22.4. The molecule has 0 spiro atoms. The predicted molar refractivity (Wildman–Crippen MR) is 131 cm³/mol. The second-order valence-electron chi connectivity index (χ2n) is 9.10. The van der Waals surface area contributed by atoms with Crippen LogP contribution in [0.15, 0.2) is 54.7 Å². The molecule has 0 saturated carbocycles. The van der Waals surface area contributed by atoms with Gasteiger partial charge in [-0.2, -0.15) is 5.10 Å². The molecule has 0 N–H and O–H groups in total. The molecule has 3 rings (SSSR count). The van der Waals surface area contributed by atoms with E-state index in [0.717, 1.165) is 37.6 Å². The summed E-state index contributed by atoms with van der Waals surface area (Å²) in [6.07, 6.45) is 3.31. The lowest BCUT2D eigenvalue weighted by molar-refractivity contribution is 0.294. The van der Waals surface area contributed by atoms with Crippen molar-refractivity contribution in [1.82, 2.24) is 24.5 Å². The van der Waals surface area contributed by atoms with Crippen LogP contribution >= 0.6 is 0 Å². The van der Waals surface area contributed by atoms with Crippen LogP contribution in [-0.2, 0) is 13.1 Å². The number of nitrogens with zero attached hydrogens (tertiary/aromatic N) is 5. The number of aromatic nitrogens is 2. The molecule has 5 heteroatoms. The fourth-order valence-electron chi connectivity index (χ4n) is 3.86. The van der Waals surface area contributed by atoms with Crippen molar-refractivity contribution in [3.63, 3.8) is 0 Å². The first-order chi connectivity index (χ1) is 14.8. The number of hydrogen-bond acceptors (Lipinski definition) is 4. The molecule has 3 aromatic rings. The van der Waals surface area contributed by atoms with Gasteiger partial charge in [0.05, 0.1) is 11.4 Å².